The van der Waals surface area contributed by atoms with E-state index in [0.29, 0.717) is 24.1 Å². The first kappa shape index (κ1) is 19.8. The van der Waals surface area contributed by atoms with Crippen molar-refractivity contribution in [1.29, 1.82) is 0 Å². The Labute approximate surface area is 161 Å². The van der Waals surface area contributed by atoms with Crippen LogP contribution in [0.4, 0.5) is 13.6 Å². The van der Waals surface area contributed by atoms with E-state index >= 15 is 0 Å². The van der Waals surface area contributed by atoms with Crippen molar-refractivity contribution in [3.63, 3.8) is 0 Å². The molecule has 0 saturated carbocycles. The van der Waals surface area contributed by atoms with Crippen LogP contribution in [0.15, 0.2) is 42.5 Å². The number of rotatable bonds is 4. The van der Waals surface area contributed by atoms with Crippen LogP contribution in [-0.2, 0) is 6.54 Å². The third-order valence-electron chi connectivity index (χ3n) is 4.85. The van der Waals surface area contributed by atoms with E-state index in [1.165, 1.54) is 24.3 Å². The van der Waals surface area contributed by atoms with Gasteiger partial charge in [0.15, 0.2) is 0 Å². The molecule has 28 heavy (non-hydrogen) atoms. The molecule has 1 aliphatic rings. The number of nitrogens with one attached hydrogen (secondary N) is 2. The molecule has 3 rings (SSSR count). The van der Waals surface area contributed by atoms with Gasteiger partial charge in [0.1, 0.15) is 11.6 Å². The van der Waals surface area contributed by atoms with Gasteiger partial charge in [0, 0.05) is 30.3 Å². The molecule has 1 heterocycles. The van der Waals surface area contributed by atoms with Crippen molar-refractivity contribution in [1.82, 2.24) is 15.7 Å². The topological polar surface area (TPSA) is 81.7 Å². The molecule has 3 N–H and O–H groups in total. The van der Waals surface area contributed by atoms with Crippen molar-refractivity contribution < 1.29 is 23.6 Å². The molecule has 2 aromatic carbocycles. The van der Waals surface area contributed by atoms with Crippen molar-refractivity contribution in [3.05, 3.63) is 70.8 Å². The van der Waals surface area contributed by atoms with E-state index < -0.39 is 23.6 Å². The third-order valence-corrected chi connectivity index (χ3v) is 4.85. The Bertz CT molecular complexity index is 858. The number of hydrogen-bond acceptors (Lipinski definition) is 3. The van der Waals surface area contributed by atoms with Crippen LogP contribution in [0.25, 0.3) is 0 Å². The highest BCUT2D eigenvalue weighted by Gasteiger charge is 2.29. The summed E-state index contributed by atoms with van der Waals surface area (Å²) >= 11 is 0. The Morgan fingerprint density at radius 2 is 1.86 bits per heavy atom. The van der Waals surface area contributed by atoms with Crippen LogP contribution in [0.1, 0.15) is 46.8 Å². The van der Waals surface area contributed by atoms with Gasteiger partial charge in [-0.15, -0.1) is 0 Å². The molecule has 1 unspecified atom stereocenters. The fraction of sp³-hybridized carbons (Fsp3) is 0.300. The van der Waals surface area contributed by atoms with Crippen molar-refractivity contribution >= 4 is 11.9 Å². The Balaban J connectivity index is 1.67. The van der Waals surface area contributed by atoms with Crippen molar-refractivity contribution in [2.75, 3.05) is 6.54 Å². The zero-order valence-corrected chi connectivity index (χ0v) is 15.1. The minimum absolute atomic E-state index is 0.231. The Morgan fingerprint density at radius 3 is 2.54 bits per heavy atom. The van der Waals surface area contributed by atoms with E-state index in [1.54, 1.807) is 22.5 Å². The summed E-state index contributed by atoms with van der Waals surface area (Å²) in [7, 11) is 0. The second-order valence-electron chi connectivity index (χ2n) is 6.67. The molecule has 1 saturated heterocycles. The van der Waals surface area contributed by atoms with Crippen molar-refractivity contribution in [2.24, 2.45) is 0 Å². The molecular weight excluding hydrogens is 368 g/mol. The average Bonchev–Trinajstić information content (AvgIpc) is 2.72. The van der Waals surface area contributed by atoms with Crippen LogP contribution in [-0.4, -0.2) is 28.6 Å². The second-order valence-corrected chi connectivity index (χ2v) is 6.67. The van der Waals surface area contributed by atoms with E-state index in [-0.39, 0.29) is 12.6 Å². The number of urea groups is 1. The summed E-state index contributed by atoms with van der Waals surface area (Å²) in [6.07, 6.45) is 2.29. The normalized spacial score (nSPS) is 16.5. The zero-order valence-electron chi connectivity index (χ0n) is 15.1. The first-order valence-corrected chi connectivity index (χ1v) is 9.02. The van der Waals surface area contributed by atoms with Crippen LogP contribution in [0.2, 0.25) is 0 Å². The molecule has 148 valence electrons. The third kappa shape index (κ3) is 4.45. The minimum atomic E-state index is -0.651. The summed E-state index contributed by atoms with van der Waals surface area (Å²) in [5, 5.41) is 11.4. The lowest BCUT2D eigenvalue weighted by molar-refractivity contribution is 0.0706. The highest BCUT2D eigenvalue weighted by atomic mass is 19.1. The fourth-order valence-corrected chi connectivity index (χ4v) is 3.39. The highest BCUT2D eigenvalue weighted by Crippen LogP contribution is 2.32. The Morgan fingerprint density at radius 1 is 1.11 bits per heavy atom. The Kier molecular flexibility index (Phi) is 6.20. The number of nitrogens with zero attached hydrogens (tertiary/aromatic N) is 1. The molecule has 3 amide bonds. The molecule has 6 nitrogen and oxygen atoms in total. The minimum Gasteiger partial charge on any atom is -0.334 e. The highest BCUT2D eigenvalue weighted by molar-refractivity contribution is 5.93. The van der Waals surface area contributed by atoms with Gasteiger partial charge < -0.3 is 10.2 Å². The van der Waals surface area contributed by atoms with Gasteiger partial charge >= 0.3 is 6.03 Å². The number of carbonyl (C=O) groups is 2. The lowest BCUT2D eigenvalue weighted by Gasteiger charge is -2.36. The smallest absolute Gasteiger partial charge is 0.318 e. The second kappa shape index (κ2) is 8.79. The SMILES string of the molecule is O=C(NO)c1ccc(CNC(=O)N2CCCCC2c2ccc(F)cc2F)cc1. The van der Waals surface area contributed by atoms with Gasteiger partial charge in [-0.05, 0) is 43.0 Å². The van der Waals surface area contributed by atoms with E-state index in [4.69, 9.17) is 5.21 Å². The number of carbonyl (C=O) groups excluding carboxylic acids is 2. The molecule has 8 heteroatoms. The Hall–Kier alpha value is -3.00. The van der Waals surface area contributed by atoms with Crippen LogP contribution in [0.5, 0.6) is 0 Å². The average molecular weight is 389 g/mol. The zero-order chi connectivity index (χ0) is 20.1. The summed E-state index contributed by atoms with van der Waals surface area (Å²) < 4.78 is 27.4. The van der Waals surface area contributed by atoms with Crippen molar-refractivity contribution in [3.8, 4) is 0 Å². The standard InChI is InChI=1S/C20H21F2N3O3/c21-15-8-9-16(17(22)11-15)18-3-1-2-10-25(18)20(27)23-12-13-4-6-14(7-5-13)19(26)24-28/h4-9,11,18,28H,1-3,10,12H2,(H,23,27)(H,24,26). The van der Waals surface area contributed by atoms with E-state index in [9.17, 15) is 18.4 Å². The van der Waals surface area contributed by atoms with Gasteiger partial charge in [-0.1, -0.05) is 18.2 Å². The van der Waals surface area contributed by atoms with Gasteiger partial charge in [0.2, 0.25) is 0 Å². The van der Waals surface area contributed by atoms with E-state index in [0.717, 1.165) is 24.5 Å². The van der Waals surface area contributed by atoms with Crippen LogP contribution >= 0.6 is 0 Å². The first-order chi connectivity index (χ1) is 13.5. The van der Waals surface area contributed by atoms with E-state index in [2.05, 4.69) is 5.32 Å². The molecule has 0 aliphatic carbocycles. The molecule has 2 aromatic rings. The van der Waals surface area contributed by atoms with Crippen LogP contribution in [0.3, 0.4) is 0 Å². The number of hydroxylamine groups is 1. The molecule has 0 aromatic heterocycles. The van der Waals surface area contributed by atoms with Gasteiger partial charge in [0.05, 0.1) is 6.04 Å². The van der Waals surface area contributed by atoms with Crippen molar-refractivity contribution in [2.45, 2.75) is 31.8 Å². The lowest BCUT2D eigenvalue weighted by atomic mass is 9.95. The lowest BCUT2D eigenvalue weighted by Crippen LogP contribution is -2.44. The maximum absolute atomic E-state index is 14.2. The van der Waals surface area contributed by atoms with Gasteiger partial charge in [-0.2, -0.15) is 0 Å². The molecule has 1 atom stereocenters. The summed E-state index contributed by atoms with van der Waals surface area (Å²) in [5.74, 6) is -1.91. The van der Waals surface area contributed by atoms with Crippen LogP contribution < -0.4 is 10.8 Å². The van der Waals surface area contributed by atoms with Crippen LogP contribution in [0, 0.1) is 11.6 Å². The molecule has 0 bridgehead atoms. The predicted octanol–water partition coefficient (Wildman–Crippen LogP) is 3.52. The first-order valence-electron chi connectivity index (χ1n) is 9.02. The number of benzene rings is 2. The summed E-state index contributed by atoms with van der Waals surface area (Å²) in [5.41, 5.74) is 2.93. The number of hydrogen-bond donors (Lipinski definition) is 3. The van der Waals surface area contributed by atoms with Gasteiger partial charge in [0.25, 0.3) is 5.91 Å². The summed E-state index contributed by atoms with van der Waals surface area (Å²) in [4.78, 5) is 25.6. The molecular formula is C20H21F2N3O3. The largest absolute Gasteiger partial charge is 0.334 e. The van der Waals surface area contributed by atoms with Gasteiger partial charge in [-0.3, -0.25) is 10.0 Å². The number of amides is 3. The summed E-state index contributed by atoms with van der Waals surface area (Å²) in [6, 6.07) is 9.06. The number of likely N-dealkylation sites (tertiary alicyclic amines) is 1. The summed E-state index contributed by atoms with van der Waals surface area (Å²) in [6.45, 7) is 0.720. The molecule has 0 spiro atoms. The quantitative estimate of drug-likeness (QED) is 0.553. The number of halogens is 2. The fourth-order valence-electron chi connectivity index (χ4n) is 3.39. The predicted molar refractivity (Wildman–Crippen MR) is 97.6 cm³/mol. The maximum Gasteiger partial charge on any atom is 0.318 e. The monoisotopic (exact) mass is 389 g/mol. The van der Waals surface area contributed by atoms with Gasteiger partial charge in [-0.25, -0.2) is 19.1 Å². The molecule has 0 radical (unpaired) electrons. The maximum atomic E-state index is 14.2. The molecule has 1 fully saturated rings. The molecule has 1 aliphatic heterocycles. The number of piperidine rings is 1. The van der Waals surface area contributed by atoms with E-state index in [1.807, 2.05) is 0 Å².